The molecule has 0 amide bonds. The van der Waals surface area contributed by atoms with Gasteiger partial charge in [0.1, 0.15) is 0 Å². The lowest BCUT2D eigenvalue weighted by Crippen LogP contribution is -2.36. The molecule has 1 heteroatoms. The normalized spacial score (nSPS) is 37.6. The molecule has 0 unspecified atom stereocenters. The predicted molar refractivity (Wildman–Crippen MR) is 121 cm³/mol. The van der Waals surface area contributed by atoms with Crippen LogP contribution in [0.1, 0.15) is 98.3 Å². The third-order valence-corrected chi connectivity index (χ3v) is 8.35. The van der Waals surface area contributed by atoms with E-state index >= 15 is 0 Å². The van der Waals surface area contributed by atoms with Crippen molar-refractivity contribution in [2.75, 3.05) is 0 Å². The first-order valence-electron chi connectivity index (χ1n) is 12.1. The molecule has 0 heterocycles. The van der Waals surface area contributed by atoms with E-state index < -0.39 is 0 Å². The van der Waals surface area contributed by atoms with Gasteiger partial charge in [-0.3, -0.25) is 0 Å². The van der Waals surface area contributed by atoms with Crippen molar-refractivity contribution in [1.82, 2.24) is 0 Å². The molecular weight excluding hydrogens is 343 g/mol. The average Bonchev–Trinajstić information content (AvgIpc) is 2.99. The van der Waals surface area contributed by atoms with Crippen LogP contribution in [0.25, 0.3) is 0 Å². The van der Waals surface area contributed by atoms with Crippen molar-refractivity contribution in [2.24, 2.45) is 29.1 Å². The van der Waals surface area contributed by atoms with Gasteiger partial charge in [0.25, 0.3) is 0 Å². The molecule has 0 aromatic heterocycles. The average molecular weight is 388 g/mol. The van der Waals surface area contributed by atoms with Gasteiger partial charge >= 0.3 is 0 Å². The van der Waals surface area contributed by atoms with E-state index in [0.717, 1.165) is 42.9 Å². The maximum atomic E-state index is 10.0. The van der Waals surface area contributed by atoms with Crippen LogP contribution in [-0.4, -0.2) is 11.2 Å². The molecule has 1 nitrogen and oxygen atoms in total. The van der Waals surface area contributed by atoms with E-state index in [2.05, 4.69) is 46.4 Å². The van der Waals surface area contributed by atoms with Crippen LogP contribution in [0.3, 0.4) is 0 Å². The molecule has 3 aliphatic rings. The Hall–Kier alpha value is -0.820. The van der Waals surface area contributed by atoms with Crippen LogP contribution < -0.4 is 0 Å². The Bertz CT molecular complexity index is 610. The minimum atomic E-state index is -0.172. The first-order valence-corrected chi connectivity index (χ1v) is 12.1. The fraction of sp³-hybridized carbons (Fsp3) is 0.778. The second kappa shape index (κ2) is 9.33. The minimum Gasteiger partial charge on any atom is -0.393 e. The molecule has 0 spiro atoms. The molecule has 3 rings (SSSR count). The minimum absolute atomic E-state index is 0.172. The summed E-state index contributed by atoms with van der Waals surface area (Å²) in [6, 6.07) is 0. The van der Waals surface area contributed by atoms with Crippen LogP contribution >= 0.6 is 0 Å². The van der Waals surface area contributed by atoms with Gasteiger partial charge in [-0.1, -0.05) is 76.8 Å². The van der Waals surface area contributed by atoms with Crippen molar-refractivity contribution in [2.45, 2.75) is 104 Å². The summed E-state index contributed by atoms with van der Waals surface area (Å²) in [5.74, 6) is 3.37. The molecule has 0 aromatic rings. The van der Waals surface area contributed by atoms with Crippen molar-refractivity contribution in [3.8, 4) is 0 Å². The van der Waals surface area contributed by atoms with E-state index in [4.69, 9.17) is 0 Å². The van der Waals surface area contributed by atoms with Crippen molar-refractivity contribution in [3.05, 3.63) is 35.5 Å². The van der Waals surface area contributed by atoms with Gasteiger partial charge in [-0.2, -0.15) is 0 Å². The molecule has 0 aliphatic heterocycles. The number of hydrogen-bond donors (Lipinski definition) is 1. The Balaban J connectivity index is 1.70. The Morgan fingerprint density at radius 3 is 2.64 bits per heavy atom. The van der Waals surface area contributed by atoms with Gasteiger partial charge in [-0.25, -0.2) is 0 Å². The number of hydrogen-bond acceptors (Lipinski definition) is 1. The standard InChI is InChI=1S/C27H44O/c1-19(2)8-6-9-21(4)25-15-16-26-22(10-7-17-27(25,26)5)12-13-23-18-24(28)14-11-20(23)3/h12-13,19,21,24-26,28H,3,6-11,14-18H2,1-2,4-5H3/b22-12+,23-13-/t21-,24+,25-,26+,27-/m1/s1/i3+1,10+1,12+1. The third kappa shape index (κ3) is 4.84. The molecule has 3 fully saturated rings. The fourth-order valence-corrected chi connectivity index (χ4v) is 6.66. The van der Waals surface area contributed by atoms with Crippen LogP contribution in [-0.2, 0) is 0 Å². The fourth-order valence-electron chi connectivity index (χ4n) is 6.66. The summed E-state index contributed by atoms with van der Waals surface area (Å²) in [5, 5.41) is 10.0. The number of aliphatic hydroxyl groups is 1. The first kappa shape index (κ1) is 21.9. The number of aliphatic hydroxyl groups excluding tert-OH is 1. The Kier molecular flexibility index (Phi) is 7.29. The summed E-state index contributed by atoms with van der Waals surface area (Å²) in [6.07, 6.45) is 18.2. The topological polar surface area (TPSA) is 20.2 Å². The van der Waals surface area contributed by atoms with Gasteiger partial charge < -0.3 is 5.11 Å². The van der Waals surface area contributed by atoms with E-state index in [9.17, 15) is 5.11 Å². The molecule has 28 heavy (non-hydrogen) atoms. The van der Waals surface area contributed by atoms with Crippen LogP contribution in [0, 0.1) is 29.1 Å². The number of fused-ring (bicyclic) bond motifs is 1. The third-order valence-electron chi connectivity index (χ3n) is 8.35. The van der Waals surface area contributed by atoms with Crippen molar-refractivity contribution in [3.63, 3.8) is 0 Å². The van der Waals surface area contributed by atoms with E-state index in [1.54, 1.807) is 5.57 Å². The van der Waals surface area contributed by atoms with E-state index in [1.165, 1.54) is 62.5 Å². The largest absolute Gasteiger partial charge is 0.393 e. The van der Waals surface area contributed by atoms with Crippen molar-refractivity contribution >= 4 is 0 Å². The van der Waals surface area contributed by atoms with Crippen molar-refractivity contribution < 1.29 is 5.11 Å². The highest BCUT2D eigenvalue weighted by molar-refractivity contribution is 5.36. The molecule has 5 atom stereocenters. The molecule has 0 aromatic carbocycles. The van der Waals surface area contributed by atoms with Gasteiger partial charge in [0.15, 0.2) is 0 Å². The quantitative estimate of drug-likeness (QED) is 0.465. The first-order chi connectivity index (χ1) is 13.3. The molecule has 3 aliphatic carbocycles. The maximum absolute atomic E-state index is 10.0. The summed E-state index contributed by atoms with van der Waals surface area (Å²) < 4.78 is 0. The van der Waals surface area contributed by atoms with Gasteiger partial charge in [0, 0.05) is 0 Å². The summed E-state index contributed by atoms with van der Waals surface area (Å²) in [4.78, 5) is 0. The Labute approximate surface area is 174 Å². The highest BCUT2D eigenvalue weighted by Gasteiger charge is 2.50. The predicted octanol–water partition coefficient (Wildman–Crippen LogP) is 7.62. The lowest BCUT2D eigenvalue weighted by molar-refractivity contribution is 0.0929. The van der Waals surface area contributed by atoms with Crippen LogP contribution in [0.15, 0.2) is 35.5 Å². The second-order valence-corrected chi connectivity index (χ2v) is 10.8. The van der Waals surface area contributed by atoms with Crippen LogP contribution in [0.2, 0.25) is 0 Å². The summed E-state index contributed by atoms with van der Waals surface area (Å²) >= 11 is 0. The van der Waals surface area contributed by atoms with E-state index in [-0.39, 0.29) is 6.10 Å². The highest BCUT2D eigenvalue weighted by atomic mass is 16.3. The monoisotopic (exact) mass is 387 g/mol. The van der Waals surface area contributed by atoms with Gasteiger partial charge in [-0.05, 0) is 86.0 Å². The van der Waals surface area contributed by atoms with Crippen molar-refractivity contribution in [1.29, 1.82) is 0 Å². The van der Waals surface area contributed by atoms with Crippen LogP contribution in [0.5, 0.6) is 0 Å². The molecule has 1 N–H and O–H groups in total. The number of rotatable bonds is 6. The maximum Gasteiger partial charge on any atom is 0.0583 e. The van der Waals surface area contributed by atoms with Gasteiger partial charge in [-0.15, -0.1) is 0 Å². The zero-order chi connectivity index (χ0) is 20.3. The zero-order valence-corrected chi connectivity index (χ0v) is 19.0. The highest BCUT2D eigenvalue weighted by Crippen LogP contribution is 2.59. The summed E-state index contributed by atoms with van der Waals surface area (Å²) in [5.41, 5.74) is 4.72. The zero-order valence-electron chi connectivity index (χ0n) is 19.0. The lowest BCUT2D eigenvalue weighted by atomic mass is 9.63. The lowest BCUT2D eigenvalue weighted by Gasteiger charge is -2.44. The second-order valence-electron chi connectivity index (χ2n) is 10.8. The molecule has 3 saturated carbocycles. The van der Waals surface area contributed by atoms with Crippen LogP contribution in [0.4, 0.5) is 0 Å². The SMILES string of the molecule is CC(C)CCC[C@@H](C)[C@H]1CC[C@H]2/C(=[13CH]/C=C3/C[C@@H](O)CCC3=[13CH2])[13CH2]CC[C@]12C. The Morgan fingerprint density at radius 2 is 1.89 bits per heavy atom. The molecule has 0 bridgehead atoms. The number of allylic oxidation sites excluding steroid dienone is 4. The smallest absolute Gasteiger partial charge is 0.0583 e. The Morgan fingerprint density at radius 1 is 1.11 bits per heavy atom. The van der Waals surface area contributed by atoms with Gasteiger partial charge in [0.2, 0.25) is 0 Å². The van der Waals surface area contributed by atoms with E-state index in [0.29, 0.717) is 5.41 Å². The molecule has 158 valence electrons. The molecule has 0 saturated heterocycles. The van der Waals surface area contributed by atoms with Gasteiger partial charge in [0.05, 0.1) is 6.10 Å². The summed E-state index contributed by atoms with van der Waals surface area (Å²) in [6.45, 7) is 14.1. The van der Waals surface area contributed by atoms with E-state index in [1.807, 2.05) is 0 Å². The summed E-state index contributed by atoms with van der Waals surface area (Å²) in [7, 11) is 0. The molecule has 0 radical (unpaired) electrons. The molecular formula is C27H44O.